The van der Waals surface area contributed by atoms with Gasteiger partial charge in [0, 0.05) is 24.0 Å². The summed E-state index contributed by atoms with van der Waals surface area (Å²) in [6.45, 7) is 0.309. The normalized spacial score (nSPS) is 19.8. The van der Waals surface area contributed by atoms with E-state index >= 15 is 0 Å². The largest absolute Gasteiger partial charge is 0.349 e. The molecule has 3 N–H and O–H groups in total. The van der Waals surface area contributed by atoms with E-state index in [-0.39, 0.29) is 23.3 Å². The van der Waals surface area contributed by atoms with Crippen LogP contribution >= 0.6 is 23.7 Å². The molecule has 2 heterocycles. The Kier molecular flexibility index (Phi) is 6.84. The number of halogens is 2. The Morgan fingerprint density at radius 2 is 2.18 bits per heavy atom. The van der Waals surface area contributed by atoms with E-state index in [1.165, 1.54) is 30.3 Å². The van der Waals surface area contributed by atoms with Crippen LogP contribution in [0.3, 0.4) is 0 Å². The summed E-state index contributed by atoms with van der Waals surface area (Å²) in [5.41, 5.74) is 1.14. The molecular formula is C18H19ClFN5O2S. The molecule has 1 aliphatic rings. The Balaban J connectivity index is 1.59. The maximum absolute atomic E-state index is 13.3. The zero-order chi connectivity index (χ0) is 20.1. The van der Waals surface area contributed by atoms with Gasteiger partial charge in [-0.05, 0) is 43.8 Å². The van der Waals surface area contributed by atoms with E-state index in [1.807, 2.05) is 12.1 Å². The van der Waals surface area contributed by atoms with Gasteiger partial charge in [0.25, 0.3) is 0 Å². The molecule has 0 bridgehead atoms. The van der Waals surface area contributed by atoms with Crippen LogP contribution in [0.4, 0.5) is 10.1 Å². The number of amides is 2. The molecule has 2 atom stereocenters. The van der Waals surface area contributed by atoms with Gasteiger partial charge in [0.05, 0.1) is 23.3 Å². The van der Waals surface area contributed by atoms with Crippen LogP contribution in [0.25, 0.3) is 0 Å². The molecular weight excluding hydrogens is 405 g/mol. The number of benzene rings is 1. The molecule has 148 valence electrons. The Morgan fingerprint density at radius 1 is 1.36 bits per heavy atom. The van der Waals surface area contributed by atoms with Crippen molar-refractivity contribution in [2.24, 2.45) is 0 Å². The topological polar surface area (TPSA) is 86.4 Å². The zero-order valence-corrected chi connectivity index (χ0v) is 16.6. The summed E-state index contributed by atoms with van der Waals surface area (Å²) in [7, 11) is 1.75. The fourth-order valence-electron chi connectivity index (χ4n) is 2.67. The molecule has 0 aliphatic carbocycles. The maximum Gasteiger partial charge on any atom is 0.242 e. The van der Waals surface area contributed by atoms with E-state index in [4.69, 9.17) is 11.6 Å². The standard InChI is InChI=1S/C18H19ClFN5O2S/c1-25-16(18(27)23-11-5-6-14(20)13(19)8-11)9-15(24-28-25)17(26)22-10-12-4-2-3-7-21-12/h2-8,15-16,24H,9-10H2,1H3,(H,22,26)(H,23,27). The third-order valence-electron chi connectivity index (χ3n) is 4.21. The molecule has 2 amide bonds. The van der Waals surface area contributed by atoms with Crippen molar-refractivity contribution >= 4 is 41.2 Å². The molecule has 1 aliphatic heterocycles. The highest BCUT2D eigenvalue weighted by atomic mass is 35.5. The highest BCUT2D eigenvalue weighted by molar-refractivity contribution is 7.95. The lowest BCUT2D eigenvalue weighted by Gasteiger charge is -2.34. The number of anilines is 1. The summed E-state index contributed by atoms with van der Waals surface area (Å²) in [6, 6.07) is 8.34. The van der Waals surface area contributed by atoms with Crippen molar-refractivity contribution in [1.29, 1.82) is 0 Å². The van der Waals surface area contributed by atoms with Crippen LogP contribution < -0.4 is 15.4 Å². The number of hydrogen-bond donors (Lipinski definition) is 3. The lowest BCUT2D eigenvalue weighted by Crippen LogP contribution is -2.54. The first-order valence-corrected chi connectivity index (χ1v) is 9.68. The molecule has 7 nitrogen and oxygen atoms in total. The van der Waals surface area contributed by atoms with Crippen molar-refractivity contribution < 1.29 is 14.0 Å². The van der Waals surface area contributed by atoms with E-state index in [9.17, 15) is 14.0 Å². The van der Waals surface area contributed by atoms with Crippen molar-refractivity contribution in [2.45, 2.75) is 25.0 Å². The first-order valence-electron chi connectivity index (χ1n) is 8.53. The minimum absolute atomic E-state index is 0.0717. The monoisotopic (exact) mass is 423 g/mol. The first kappa shape index (κ1) is 20.5. The van der Waals surface area contributed by atoms with Crippen molar-refractivity contribution in [2.75, 3.05) is 12.4 Å². The number of nitrogens with one attached hydrogen (secondary N) is 3. The molecule has 28 heavy (non-hydrogen) atoms. The van der Waals surface area contributed by atoms with Crippen LogP contribution in [0.5, 0.6) is 0 Å². The summed E-state index contributed by atoms with van der Waals surface area (Å²) < 4.78 is 18.0. The van der Waals surface area contributed by atoms with E-state index < -0.39 is 17.9 Å². The summed E-state index contributed by atoms with van der Waals surface area (Å²) >= 11 is 6.94. The van der Waals surface area contributed by atoms with Crippen LogP contribution in [0.15, 0.2) is 42.6 Å². The van der Waals surface area contributed by atoms with Gasteiger partial charge < -0.3 is 10.6 Å². The number of rotatable bonds is 5. The van der Waals surface area contributed by atoms with Gasteiger partial charge in [-0.2, -0.15) is 0 Å². The molecule has 2 unspecified atom stereocenters. The van der Waals surface area contributed by atoms with Gasteiger partial charge in [-0.3, -0.25) is 14.6 Å². The summed E-state index contributed by atoms with van der Waals surface area (Å²) in [5.74, 6) is -1.07. The van der Waals surface area contributed by atoms with Crippen molar-refractivity contribution in [3.8, 4) is 0 Å². The third-order valence-corrected chi connectivity index (χ3v) is 5.44. The molecule has 1 aromatic heterocycles. The highest BCUT2D eigenvalue weighted by Gasteiger charge is 2.35. The average Bonchev–Trinajstić information content (AvgIpc) is 2.70. The molecule has 3 rings (SSSR count). The van der Waals surface area contributed by atoms with Crippen LogP contribution in [0, 0.1) is 5.82 Å². The maximum atomic E-state index is 13.3. The van der Waals surface area contributed by atoms with E-state index in [0.29, 0.717) is 12.2 Å². The van der Waals surface area contributed by atoms with Crippen LogP contribution in [0.1, 0.15) is 12.1 Å². The molecule has 0 saturated carbocycles. The molecule has 2 aromatic rings. The van der Waals surface area contributed by atoms with Gasteiger partial charge in [-0.25, -0.2) is 13.4 Å². The molecule has 10 heteroatoms. The fraction of sp³-hybridized carbons (Fsp3) is 0.278. The second kappa shape index (κ2) is 9.33. The van der Waals surface area contributed by atoms with Crippen LogP contribution in [0.2, 0.25) is 5.02 Å². The summed E-state index contributed by atoms with van der Waals surface area (Å²) in [6.07, 6.45) is 1.94. The molecule has 1 fully saturated rings. The number of carbonyl (C=O) groups is 2. The van der Waals surface area contributed by atoms with Gasteiger partial charge in [-0.15, -0.1) is 0 Å². The number of aromatic nitrogens is 1. The van der Waals surface area contributed by atoms with Gasteiger partial charge in [0.2, 0.25) is 11.8 Å². The SMILES string of the molecule is CN1SNC(C(=O)NCc2ccccn2)CC1C(=O)Nc1ccc(F)c(Cl)c1. The minimum atomic E-state index is -0.557. The molecule has 1 aromatic carbocycles. The van der Waals surface area contributed by atoms with Crippen LogP contribution in [-0.2, 0) is 16.1 Å². The number of hydrogen-bond acceptors (Lipinski definition) is 6. The Hall–Kier alpha value is -2.20. The molecule has 0 radical (unpaired) electrons. The number of carbonyl (C=O) groups excluding carboxylic acids is 2. The minimum Gasteiger partial charge on any atom is -0.349 e. The third kappa shape index (κ3) is 5.20. The van der Waals surface area contributed by atoms with Crippen molar-refractivity contribution in [3.63, 3.8) is 0 Å². The number of pyridine rings is 1. The molecule has 0 spiro atoms. The predicted molar refractivity (Wildman–Crippen MR) is 107 cm³/mol. The van der Waals surface area contributed by atoms with Crippen LogP contribution in [-0.4, -0.2) is 40.2 Å². The smallest absolute Gasteiger partial charge is 0.242 e. The Morgan fingerprint density at radius 3 is 2.89 bits per heavy atom. The second-order valence-electron chi connectivity index (χ2n) is 6.22. The van der Waals surface area contributed by atoms with Crippen molar-refractivity contribution in [3.05, 3.63) is 59.1 Å². The lowest BCUT2D eigenvalue weighted by molar-refractivity contribution is -0.124. The average molecular weight is 424 g/mol. The van der Waals surface area contributed by atoms with Gasteiger partial charge in [0.15, 0.2) is 0 Å². The van der Waals surface area contributed by atoms with E-state index in [0.717, 1.165) is 5.69 Å². The predicted octanol–water partition coefficient (Wildman–Crippen LogP) is 2.35. The molecule has 1 saturated heterocycles. The summed E-state index contributed by atoms with van der Waals surface area (Å²) in [5, 5.41) is 5.46. The quantitative estimate of drug-likeness (QED) is 0.640. The Labute approximate surface area is 171 Å². The summed E-state index contributed by atoms with van der Waals surface area (Å²) in [4.78, 5) is 29.3. The van der Waals surface area contributed by atoms with E-state index in [2.05, 4.69) is 20.3 Å². The van der Waals surface area contributed by atoms with E-state index in [1.54, 1.807) is 23.6 Å². The van der Waals surface area contributed by atoms with Gasteiger partial charge in [-0.1, -0.05) is 17.7 Å². The van der Waals surface area contributed by atoms with Crippen molar-refractivity contribution in [1.82, 2.24) is 19.3 Å². The fourth-order valence-corrected chi connectivity index (χ4v) is 3.65. The second-order valence-corrected chi connectivity index (χ2v) is 7.62. The number of likely N-dealkylation sites (N-methyl/N-ethyl adjacent to an activating group) is 1. The first-order chi connectivity index (χ1) is 13.4. The van der Waals surface area contributed by atoms with Gasteiger partial charge in [0.1, 0.15) is 11.9 Å². The number of nitrogens with zero attached hydrogens (tertiary/aromatic N) is 2. The van der Waals surface area contributed by atoms with Gasteiger partial charge >= 0.3 is 0 Å². The highest BCUT2D eigenvalue weighted by Crippen LogP contribution is 2.24. The lowest BCUT2D eigenvalue weighted by atomic mass is 10.1. The zero-order valence-electron chi connectivity index (χ0n) is 15.0. The Bertz CT molecular complexity index is 857.